The third-order valence-electron chi connectivity index (χ3n) is 2.48. The van der Waals surface area contributed by atoms with E-state index >= 15 is 0 Å². The smallest absolute Gasteiger partial charge is 0.254 e. The van der Waals surface area contributed by atoms with Gasteiger partial charge in [-0.3, -0.25) is 4.79 Å². The van der Waals surface area contributed by atoms with Crippen molar-refractivity contribution in [2.75, 3.05) is 7.11 Å². The Bertz CT molecular complexity index is 465. The summed E-state index contributed by atoms with van der Waals surface area (Å²) in [5.41, 5.74) is 5.40. The Morgan fingerprint density at radius 3 is 2.72 bits per heavy atom. The van der Waals surface area contributed by atoms with E-state index in [9.17, 15) is 9.18 Å². The molecule has 1 atom stereocenters. The highest BCUT2D eigenvalue weighted by Crippen LogP contribution is 2.16. The van der Waals surface area contributed by atoms with Crippen LogP contribution in [0.2, 0.25) is 0 Å². The Balaban J connectivity index is 2.87. The lowest BCUT2D eigenvalue weighted by Crippen LogP contribution is -2.43. The van der Waals surface area contributed by atoms with E-state index in [1.54, 1.807) is 0 Å². The summed E-state index contributed by atoms with van der Waals surface area (Å²) in [6, 6.07) is 3.58. The van der Waals surface area contributed by atoms with Crippen LogP contribution < -0.4 is 15.8 Å². The van der Waals surface area contributed by atoms with Crippen LogP contribution in [0.1, 0.15) is 23.7 Å². The summed E-state index contributed by atoms with van der Waals surface area (Å²) in [6.07, 6.45) is 0.554. The van der Waals surface area contributed by atoms with E-state index in [0.29, 0.717) is 12.2 Å². The molecule has 1 rings (SSSR count). The Kier molecular flexibility index (Phi) is 5.03. The molecule has 4 nitrogen and oxygen atoms in total. The average molecular weight is 270 g/mol. The minimum absolute atomic E-state index is 0.0644. The summed E-state index contributed by atoms with van der Waals surface area (Å²) in [6.45, 7) is 1.83. The number of benzene rings is 1. The van der Waals surface area contributed by atoms with Crippen LogP contribution in [0.4, 0.5) is 4.39 Å². The molecule has 3 N–H and O–H groups in total. The zero-order chi connectivity index (χ0) is 13.7. The van der Waals surface area contributed by atoms with Gasteiger partial charge in [-0.1, -0.05) is 19.1 Å². The molecule has 0 bridgehead atoms. The highest BCUT2D eigenvalue weighted by molar-refractivity contribution is 7.80. The van der Waals surface area contributed by atoms with Crippen molar-refractivity contribution in [3.8, 4) is 5.75 Å². The molecule has 98 valence electrons. The van der Waals surface area contributed by atoms with E-state index in [1.165, 1.54) is 19.2 Å². The summed E-state index contributed by atoms with van der Waals surface area (Å²) in [4.78, 5) is 12.0. The molecule has 6 heteroatoms. The molecule has 0 saturated carbocycles. The van der Waals surface area contributed by atoms with Gasteiger partial charge in [0.05, 0.1) is 23.7 Å². The van der Waals surface area contributed by atoms with Crippen LogP contribution in [-0.4, -0.2) is 24.0 Å². The Labute approximate surface area is 110 Å². The minimum Gasteiger partial charge on any atom is -0.497 e. The fourth-order valence-electron chi connectivity index (χ4n) is 1.42. The van der Waals surface area contributed by atoms with E-state index in [0.717, 1.165) is 6.07 Å². The van der Waals surface area contributed by atoms with E-state index < -0.39 is 17.8 Å². The van der Waals surface area contributed by atoms with Crippen molar-refractivity contribution in [2.45, 2.75) is 19.4 Å². The van der Waals surface area contributed by atoms with Crippen LogP contribution in [0.25, 0.3) is 0 Å². The van der Waals surface area contributed by atoms with E-state index in [2.05, 4.69) is 5.32 Å². The van der Waals surface area contributed by atoms with Crippen LogP contribution >= 0.6 is 12.2 Å². The molecule has 18 heavy (non-hydrogen) atoms. The third kappa shape index (κ3) is 3.40. The second-order valence-corrected chi connectivity index (χ2v) is 4.15. The topological polar surface area (TPSA) is 64.3 Å². The van der Waals surface area contributed by atoms with Gasteiger partial charge in [-0.25, -0.2) is 4.39 Å². The molecule has 0 fully saturated rings. The van der Waals surface area contributed by atoms with Crippen molar-refractivity contribution >= 4 is 23.1 Å². The number of thiocarbonyl (C=S) groups is 1. The van der Waals surface area contributed by atoms with Gasteiger partial charge in [0.15, 0.2) is 0 Å². The number of nitrogens with one attached hydrogen (secondary N) is 1. The molecule has 0 aliphatic heterocycles. The quantitative estimate of drug-likeness (QED) is 0.798. The monoisotopic (exact) mass is 270 g/mol. The maximum atomic E-state index is 13.6. The first-order chi connectivity index (χ1) is 8.49. The summed E-state index contributed by atoms with van der Waals surface area (Å²) < 4.78 is 18.5. The normalized spacial score (nSPS) is 11.7. The average Bonchev–Trinajstić information content (AvgIpc) is 2.34. The van der Waals surface area contributed by atoms with E-state index in [-0.39, 0.29) is 10.6 Å². The molecule has 0 aromatic heterocycles. The lowest BCUT2D eigenvalue weighted by atomic mass is 10.1. The van der Waals surface area contributed by atoms with Gasteiger partial charge < -0.3 is 15.8 Å². The Morgan fingerprint density at radius 2 is 2.28 bits per heavy atom. The Hall–Kier alpha value is -1.69. The van der Waals surface area contributed by atoms with Crippen molar-refractivity contribution < 1.29 is 13.9 Å². The van der Waals surface area contributed by atoms with Crippen LogP contribution in [0.5, 0.6) is 5.75 Å². The van der Waals surface area contributed by atoms with Crippen molar-refractivity contribution in [1.29, 1.82) is 0 Å². The second-order valence-electron chi connectivity index (χ2n) is 3.68. The molecule has 0 aliphatic carbocycles. The van der Waals surface area contributed by atoms with Crippen molar-refractivity contribution in [3.05, 3.63) is 29.6 Å². The molecular formula is C12H15FN2O2S. The zero-order valence-corrected chi connectivity index (χ0v) is 11.0. The number of rotatable bonds is 5. The zero-order valence-electron chi connectivity index (χ0n) is 10.2. The number of carbonyl (C=O) groups excluding carboxylic acids is 1. The number of halogens is 1. The molecule has 0 spiro atoms. The van der Waals surface area contributed by atoms with E-state index in [1.807, 2.05) is 6.92 Å². The summed E-state index contributed by atoms with van der Waals surface area (Å²) in [5.74, 6) is -0.843. The maximum Gasteiger partial charge on any atom is 0.254 e. The van der Waals surface area contributed by atoms with Crippen molar-refractivity contribution in [3.63, 3.8) is 0 Å². The standard InChI is InChI=1S/C12H15FN2O2S/c1-3-10(11(14)18)15-12(16)8-5-4-7(17-2)6-9(8)13/h4-6,10H,3H2,1-2H3,(H2,14,18)(H,15,16). The predicted octanol–water partition coefficient (Wildman–Crippen LogP) is 1.63. The molecule has 1 unspecified atom stereocenters. The van der Waals surface area contributed by atoms with Gasteiger partial charge in [0.2, 0.25) is 0 Å². The second kappa shape index (κ2) is 6.30. The lowest BCUT2D eigenvalue weighted by Gasteiger charge is -2.15. The highest BCUT2D eigenvalue weighted by atomic mass is 32.1. The molecule has 0 aliphatic rings. The van der Waals surface area contributed by atoms with Crippen LogP contribution in [0.3, 0.4) is 0 Å². The molecule has 1 aromatic rings. The summed E-state index contributed by atoms with van der Waals surface area (Å²) in [5, 5.41) is 2.57. The van der Waals surface area contributed by atoms with E-state index in [4.69, 9.17) is 22.7 Å². The number of nitrogens with two attached hydrogens (primary N) is 1. The van der Waals surface area contributed by atoms with Gasteiger partial charge >= 0.3 is 0 Å². The Morgan fingerprint density at radius 1 is 1.61 bits per heavy atom. The first kappa shape index (κ1) is 14.4. The van der Waals surface area contributed by atoms with Crippen molar-refractivity contribution in [1.82, 2.24) is 5.32 Å². The number of ether oxygens (including phenoxy) is 1. The predicted molar refractivity (Wildman–Crippen MR) is 71.3 cm³/mol. The van der Waals surface area contributed by atoms with Crippen LogP contribution in [0, 0.1) is 5.82 Å². The van der Waals surface area contributed by atoms with Gasteiger partial charge in [-0.2, -0.15) is 0 Å². The molecule has 1 amide bonds. The van der Waals surface area contributed by atoms with Crippen LogP contribution in [-0.2, 0) is 0 Å². The third-order valence-corrected chi connectivity index (χ3v) is 2.76. The SMILES string of the molecule is CCC(NC(=O)c1ccc(OC)cc1F)C(N)=S. The fourth-order valence-corrected chi connectivity index (χ4v) is 1.64. The maximum absolute atomic E-state index is 13.6. The number of hydrogen-bond donors (Lipinski definition) is 2. The first-order valence-electron chi connectivity index (χ1n) is 5.43. The highest BCUT2D eigenvalue weighted by Gasteiger charge is 2.17. The minimum atomic E-state index is -0.648. The summed E-state index contributed by atoms with van der Waals surface area (Å²) in [7, 11) is 1.43. The number of carbonyl (C=O) groups is 1. The van der Waals surface area contributed by atoms with Gasteiger partial charge in [-0.15, -0.1) is 0 Å². The van der Waals surface area contributed by atoms with Gasteiger partial charge in [0, 0.05) is 6.07 Å². The number of methoxy groups -OCH3 is 1. The number of hydrogen-bond acceptors (Lipinski definition) is 3. The van der Waals surface area contributed by atoms with Gasteiger partial charge in [0.1, 0.15) is 11.6 Å². The molecule has 0 saturated heterocycles. The van der Waals surface area contributed by atoms with Crippen molar-refractivity contribution in [2.24, 2.45) is 5.73 Å². The lowest BCUT2D eigenvalue weighted by molar-refractivity contribution is 0.0942. The molecule has 0 heterocycles. The molecule has 0 radical (unpaired) electrons. The van der Waals surface area contributed by atoms with Gasteiger partial charge in [0.25, 0.3) is 5.91 Å². The van der Waals surface area contributed by atoms with Gasteiger partial charge in [-0.05, 0) is 18.6 Å². The fraction of sp³-hybridized carbons (Fsp3) is 0.333. The number of amides is 1. The molecular weight excluding hydrogens is 255 g/mol. The first-order valence-corrected chi connectivity index (χ1v) is 5.84. The largest absolute Gasteiger partial charge is 0.497 e. The molecule has 1 aromatic carbocycles. The summed E-state index contributed by atoms with van der Waals surface area (Å²) >= 11 is 4.81. The van der Waals surface area contributed by atoms with Crippen LogP contribution in [0.15, 0.2) is 18.2 Å².